The van der Waals surface area contributed by atoms with Crippen LogP contribution < -0.4 is 5.32 Å². The summed E-state index contributed by atoms with van der Waals surface area (Å²) in [5.41, 5.74) is 3.45. The first kappa shape index (κ1) is 23.1. The van der Waals surface area contributed by atoms with Crippen molar-refractivity contribution in [3.05, 3.63) is 45.2 Å². The summed E-state index contributed by atoms with van der Waals surface area (Å²) in [7, 11) is 0. The van der Waals surface area contributed by atoms with Gasteiger partial charge in [0.15, 0.2) is 0 Å². The fourth-order valence-electron chi connectivity index (χ4n) is 3.90. The summed E-state index contributed by atoms with van der Waals surface area (Å²) in [5.74, 6) is 0.0266. The van der Waals surface area contributed by atoms with Crippen molar-refractivity contribution in [3.63, 3.8) is 0 Å². The number of aromatic nitrogens is 2. The Kier molecular flexibility index (Phi) is 8.17. The van der Waals surface area contributed by atoms with Crippen LogP contribution in [0.2, 0.25) is 10.0 Å². The first-order chi connectivity index (χ1) is 14.4. The van der Waals surface area contributed by atoms with E-state index in [2.05, 4.69) is 27.1 Å². The predicted octanol–water partition coefficient (Wildman–Crippen LogP) is 3.48. The van der Waals surface area contributed by atoms with Gasteiger partial charge in [-0.25, -0.2) is 4.68 Å². The number of carbonyl (C=O) groups excluding carboxylic acids is 1. The highest BCUT2D eigenvalue weighted by Crippen LogP contribution is 2.27. The van der Waals surface area contributed by atoms with Gasteiger partial charge in [-0.05, 0) is 51.6 Å². The average Bonchev–Trinajstić information content (AvgIpc) is 3.00. The second-order valence-corrected chi connectivity index (χ2v) is 8.66. The molecule has 0 aliphatic carbocycles. The van der Waals surface area contributed by atoms with Crippen LogP contribution in [0.5, 0.6) is 0 Å². The van der Waals surface area contributed by atoms with Gasteiger partial charge in [-0.15, -0.1) is 0 Å². The third kappa shape index (κ3) is 5.76. The quantitative estimate of drug-likeness (QED) is 0.624. The normalized spacial score (nSPS) is 15.5. The number of likely N-dealkylation sites (N-methyl/N-ethyl adjacent to an activating group) is 1. The van der Waals surface area contributed by atoms with E-state index < -0.39 is 0 Å². The van der Waals surface area contributed by atoms with Crippen molar-refractivity contribution >= 4 is 29.1 Å². The van der Waals surface area contributed by atoms with Crippen molar-refractivity contribution < 1.29 is 4.79 Å². The Morgan fingerprint density at radius 1 is 1.13 bits per heavy atom. The molecule has 0 bridgehead atoms. The summed E-state index contributed by atoms with van der Waals surface area (Å²) in [6, 6.07) is 5.32. The van der Waals surface area contributed by atoms with Crippen molar-refractivity contribution in [2.75, 3.05) is 45.8 Å². The highest BCUT2D eigenvalue weighted by Gasteiger charge is 2.18. The average molecular weight is 452 g/mol. The van der Waals surface area contributed by atoms with Gasteiger partial charge >= 0.3 is 0 Å². The van der Waals surface area contributed by atoms with Crippen molar-refractivity contribution in [3.8, 4) is 5.69 Å². The lowest BCUT2D eigenvalue weighted by molar-refractivity contribution is -0.120. The van der Waals surface area contributed by atoms with Gasteiger partial charge in [0.2, 0.25) is 5.91 Å². The molecule has 0 atom stereocenters. The molecule has 2 aromatic rings. The number of nitrogens with one attached hydrogen (secondary N) is 1. The lowest BCUT2D eigenvalue weighted by Crippen LogP contribution is -2.46. The number of nitrogens with zero attached hydrogens (tertiary/aromatic N) is 4. The summed E-state index contributed by atoms with van der Waals surface area (Å²) in [4.78, 5) is 17.4. The van der Waals surface area contributed by atoms with E-state index in [1.165, 1.54) is 0 Å². The molecule has 0 saturated carbocycles. The highest BCUT2D eigenvalue weighted by molar-refractivity contribution is 6.35. The molecule has 0 unspecified atom stereocenters. The summed E-state index contributed by atoms with van der Waals surface area (Å²) in [5, 5.41) is 8.76. The third-order valence-electron chi connectivity index (χ3n) is 5.80. The van der Waals surface area contributed by atoms with Gasteiger partial charge in [-0.2, -0.15) is 5.10 Å². The lowest BCUT2D eigenvalue weighted by Gasteiger charge is -2.33. The van der Waals surface area contributed by atoms with E-state index in [9.17, 15) is 4.79 Å². The third-order valence-corrected chi connectivity index (χ3v) is 6.34. The molecule has 30 heavy (non-hydrogen) atoms. The monoisotopic (exact) mass is 451 g/mol. The molecule has 8 heteroatoms. The minimum Gasteiger partial charge on any atom is -0.356 e. The maximum absolute atomic E-state index is 12.5. The lowest BCUT2D eigenvalue weighted by atomic mass is 10.1. The van der Waals surface area contributed by atoms with Crippen molar-refractivity contribution in [2.24, 2.45) is 0 Å². The van der Waals surface area contributed by atoms with Crippen LogP contribution in [0, 0.1) is 13.8 Å². The topological polar surface area (TPSA) is 53.4 Å². The number of aryl methyl sites for hydroxylation is 1. The molecule has 1 fully saturated rings. The van der Waals surface area contributed by atoms with Gasteiger partial charge in [0.1, 0.15) is 0 Å². The second kappa shape index (κ2) is 10.6. The molecule has 1 saturated heterocycles. The molecular formula is C22H31Cl2N5O. The Hall–Kier alpha value is -1.60. The SMILES string of the molecule is CCN1CCN(CCCNC(=O)Cc2c(C)nn(-c3ccc(Cl)cc3Cl)c2C)CC1. The Morgan fingerprint density at radius 2 is 1.83 bits per heavy atom. The Labute approximate surface area is 189 Å². The summed E-state index contributed by atoms with van der Waals surface area (Å²) >= 11 is 12.3. The minimum absolute atomic E-state index is 0.0266. The van der Waals surface area contributed by atoms with E-state index in [-0.39, 0.29) is 5.91 Å². The van der Waals surface area contributed by atoms with E-state index in [0.29, 0.717) is 23.0 Å². The first-order valence-electron chi connectivity index (χ1n) is 10.6. The number of piperazine rings is 1. The molecular weight excluding hydrogens is 421 g/mol. The van der Waals surface area contributed by atoms with Crippen molar-refractivity contribution in [2.45, 2.75) is 33.6 Å². The van der Waals surface area contributed by atoms with Crippen LogP contribution in [0.15, 0.2) is 18.2 Å². The van der Waals surface area contributed by atoms with Gasteiger partial charge in [0.25, 0.3) is 0 Å². The molecule has 1 aliphatic rings. The Balaban J connectivity index is 1.50. The van der Waals surface area contributed by atoms with Gasteiger partial charge in [0.05, 0.1) is 22.8 Å². The maximum atomic E-state index is 12.5. The zero-order chi connectivity index (χ0) is 21.7. The zero-order valence-electron chi connectivity index (χ0n) is 18.0. The van der Waals surface area contributed by atoms with Crippen LogP contribution >= 0.6 is 23.2 Å². The Morgan fingerprint density at radius 3 is 2.50 bits per heavy atom. The maximum Gasteiger partial charge on any atom is 0.224 e. The minimum atomic E-state index is 0.0266. The van der Waals surface area contributed by atoms with Gasteiger partial charge < -0.3 is 15.1 Å². The van der Waals surface area contributed by atoms with Crippen molar-refractivity contribution in [1.29, 1.82) is 0 Å². The van der Waals surface area contributed by atoms with E-state index in [1.807, 2.05) is 19.9 Å². The van der Waals surface area contributed by atoms with Crippen LogP contribution in [0.1, 0.15) is 30.3 Å². The molecule has 0 radical (unpaired) electrons. The molecule has 2 heterocycles. The van der Waals surface area contributed by atoms with Crippen LogP contribution in [-0.4, -0.2) is 71.3 Å². The molecule has 3 rings (SSSR count). The molecule has 1 N–H and O–H groups in total. The fraction of sp³-hybridized carbons (Fsp3) is 0.545. The van der Waals surface area contributed by atoms with E-state index in [4.69, 9.17) is 23.2 Å². The number of benzene rings is 1. The van der Waals surface area contributed by atoms with Gasteiger partial charge in [-0.1, -0.05) is 30.1 Å². The molecule has 1 amide bonds. The first-order valence-corrected chi connectivity index (χ1v) is 11.4. The molecule has 0 spiro atoms. The predicted molar refractivity (Wildman–Crippen MR) is 123 cm³/mol. The van der Waals surface area contributed by atoms with E-state index in [1.54, 1.807) is 16.8 Å². The van der Waals surface area contributed by atoms with Crippen LogP contribution in [0.3, 0.4) is 0 Å². The molecule has 1 aromatic heterocycles. The molecule has 1 aliphatic heterocycles. The fourth-order valence-corrected chi connectivity index (χ4v) is 4.39. The largest absolute Gasteiger partial charge is 0.356 e. The number of amides is 1. The van der Waals surface area contributed by atoms with Crippen LogP contribution in [0.4, 0.5) is 0 Å². The van der Waals surface area contributed by atoms with E-state index >= 15 is 0 Å². The number of carbonyl (C=O) groups is 1. The Bertz CT molecular complexity index is 875. The van der Waals surface area contributed by atoms with Gasteiger partial charge in [-0.3, -0.25) is 4.79 Å². The number of halogens is 2. The standard InChI is InChI=1S/C22H31Cl2N5O/c1-4-27-10-12-28(13-11-27)9-5-8-25-22(30)15-19-16(2)26-29(17(19)3)21-7-6-18(23)14-20(21)24/h6-7,14H,4-5,8-13,15H2,1-3H3,(H,25,30). The van der Waals surface area contributed by atoms with Crippen LogP contribution in [-0.2, 0) is 11.2 Å². The highest BCUT2D eigenvalue weighted by atomic mass is 35.5. The summed E-state index contributed by atoms with van der Waals surface area (Å²) < 4.78 is 1.78. The molecule has 164 valence electrons. The molecule has 1 aromatic carbocycles. The smallest absolute Gasteiger partial charge is 0.224 e. The van der Waals surface area contributed by atoms with Gasteiger partial charge in [0, 0.05) is 49.0 Å². The second-order valence-electron chi connectivity index (χ2n) is 7.81. The van der Waals surface area contributed by atoms with Crippen LogP contribution in [0.25, 0.3) is 5.69 Å². The van der Waals surface area contributed by atoms with Crippen molar-refractivity contribution in [1.82, 2.24) is 24.9 Å². The number of rotatable bonds is 8. The molecule has 6 nitrogen and oxygen atoms in total. The summed E-state index contributed by atoms with van der Waals surface area (Å²) in [6.07, 6.45) is 1.29. The number of hydrogen-bond donors (Lipinski definition) is 1. The zero-order valence-corrected chi connectivity index (χ0v) is 19.6. The summed E-state index contributed by atoms with van der Waals surface area (Å²) in [6.45, 7) is 13.5. The number of hydrogen-bond acceptors (Lipinski definition) is 4. The van der Waals surface area contributed by atoms with E-state index in [0.717, 1.165) is 68.3 Å².